The van der Waals surface area contributed by atoms with E-state index in [1.165, 1.54) is 0 Å². The summed E-state index contributed by atoms with van der Waals surface area (Å²) in [5, 5.41) is 7.96. The quantitative estimate of drug-likeness (QED) is 0.514. The molecular formula is C27H37N3O5. The first kappa shape index (κ1) is 27.7. The summed E-state index contributed by atoms with van der Waals surface area (Å²) in [6, 6.07) is 13.1. The molecular weight excluding hydrogens is 446 g/mol. The van der Waals surface area contributed by atoms with Gasteiger partial charge in [-0.3, -0.25) is 9.59 Å². The zero-order valence-electron chi connectivity index (χ0n) is 21.7. The van der Waals surface area contributed by atoms with Crippen molar-refractivity contribution in [2.75, 3.05) is 18.5 Å². The normalized spacial score (nSPS) is 11.4. The number of carbonyl (C=O) groups excluding carboxylic acids is 3. The summed E-state index contributed by atoms with van der Waals surface area (Å²) in [5.41, 5.74) is 2.82. The van der Waals surface area contributed by atoms with Crippen LogP contribution in [0.3, 0.4) is 0 Å². The molecule has 0 aliphatic heterocycles. The van der Waals surface area contributed by atoms with Gasteiger partial charge >= 0.3 is 6.09 Å². The lowest BCUT2D eigenvalue weighted by atomic mass is 9.85. The van der Waals surface area contributed by atoms with Crippen LogP contribution in [-0.4, -0.2) is 36.7 Å². The fourth-order valence-electron chi connectivity index (χ4n) is 3.18. The van der Waals surface area contributed by atoms with Crippen LogP contribution in [0.4, 0.5) is 10.5 Å². The third-order valence-electron chi connectivity index (χ3n) is 4.79. The van der Waals surface area contributed by atoms with Gasteiger partial charge in [0, 0.05) is 12.2 Å². The van der Waals surface area contributed by atoms with Crippen molar-refractivity contribution < 1.29 is 23.9 Å². The monoisotopic (exact) mass is 483 g/mol. The van der Waals surface area contributed by atoms with E-state index >= 15 is 0 Å². The Morgan fingerprint density at radius 3 is 2.26 bits per heavy atom. The lowest BCUT2D eigenvalue weighted by molar-refractivity contribution is -0.120. The van der Waals surface area contributed by atoms with Crippen LogP contribution >= 0.6 is 0 Å². The Morgan fingerprint density at radius 2 is 1.60 bits per heavy atom. The number of nitrogens with one attached hydrogen (secondary N) is 3. The highest BCUT2D eigenvalue weighted by Crippen LogP contribution is 2.32. The summed E-state index contributed by atoms with van der Waals surface area (Å²) in [6.07, 6.45) is -0.653. The van der Waals surface area contributed by atoms with Crippen LogP contribution in [0.2, 0.25) is 0 Å². The van der Waals surface area contributed by atoms with E-state index in [9.17, 15) is 14.4 Å². The van der Waals surface area contributed by atoms with Crippen LogP contribution in [0.15, 0.2) is 42.5 Å². The van der Waals surface area contributed by atoms with Gasteiger partial charge in [-0.2, -0.15) is 0 Å². The van der Waals surface area contributed by atoms with Crippen molar-refractivity contribution in [1.82, 2.24) is 10.6 Å². The SMILES string of the molecule is Cc1ccc(OCC(=O)Nc2cccc(CNC(=O)CNC(=O)OC(C)(C)C)c2)c(C(C)(C)C)c1. The first-order valence-corrected chi connectivity index (χ1v) is 11.6. The zero-order valence-corrected chi connectivity index (χ0v) is 21.7. The molecule has 0 saturated carbocycles. The van der Waals surface area contributed by atoms with Gasteiger partial charge in [0.15, 0.2) is 6.61 Å². The average molecular weight is 484 g/mol. The van der Waals surface area contributed by atoms with Gasteiger partial charge in [0.05, 0.1) is 0 Å². The number of anilines is 1. The highest BCUT2D eigenvalue weighted by molar-refractivity contribution is 5.92. The summed E-state index contributed by atoms with van der Waals surface area (Å²) in [4.78, 5) is 36.1. The van der Waals surface area contributed by atoms with Crippen molar-refractivity contribution in [3.63, 3.8) is 0 Å². The molecule has 0 aliphatic carbocycles. The topological polar surface area (TPSA) is 106 Å². The number of rotatable bonds is 8. The second-order valence-corrected chi connectivity index (χ2v) is 10.4. The Hall–Kier alpha value is -3.55. The maximum atomic E-state index is 12.5. The number of alkyl carbamates (subject to hydrolysis) is 1. The molecule has 3 amide bonds. The standard InChI is InChI=1S/C27H37N3O5/c1-18-11-12-22(21(13-18)26(2,3)4)34-17-24(32)30-20-10-8-9-19(14-20)15-28-23(31)16-29-25(33)35-27(5,6)7/h8-14H,15-17H2,1-7H3,(H,28,31)(H,29,33)(H,30,32). The van der Waals surface area contributed by atoms with Gasteiger partial charge in [0.2, 0.25) is 5.91 Å². The van der Waals surface area contributed by atoms with E-state index in [0.717, 1.165) is 16.7 Å². The fourth-order valence-corrected chi connectivity index (χ4v) is 3.18. The van der Waals surface area contributed by atoms with E-state index in [1.807, 2.05) is 25.1 Å². The van der Waals surface area contributed by atoms with E-state index in [1.54, 1.807) is 39.0 Å². The molecule has 0 aliphatic rings. The number of hydrogen-bond acceptors (Lipinski definition) is 5. The van der Waals surface area contributed by atoms with Crippen LogP contribution in [0, 0.1) is 6.92 Å². The van der Waals surface area contributed by atoms with Gasteiger partial charge in [-0.25, -0.2) is 4.79 Å². The van der Waals surface area contributed by atoms with E-state index < -0.39 is 11.7 Å². The summed E-state index contributed by atoms with van der Waals surface area (Å²) >= 11 is 0. The third kappa shape index (κ3) is 10.1. The molecule has 35 heavy (non-hydrogen) atoms. The van der Waals surface area contributed by atoms with Crippen LogP contribution in [-0.2, 0) is 26.3 Å². The molecule has 0 saturated heterocycles. The van der Waals surface area contributed by atoms with Gasteiger partial charge < -0.3 is 25.4 Å². The molecule has 0 unspecified atom stereocenters. The lowest BCUT2D eigenvalue weighted by Gasteiger charge is -2.23. The molecule has 2 aromatic rings. The third-order valence-corrected chi connectivity index (χ3v) is 4.79. The molecule has 190 valence electrons. The Labute approximate surface area is 207 Å². The highest BCUT2D eigenvalue weighted by Gasteiger charge is 2.20. The average Bonchev–Trinajstić information content (AvgIpc) is 2.74. The van der Waals surface area contributed by atoms with E-state index in [0.29, 0.717) is 11.4 Å². The summed E-state index contributed by atoms with van der Waals surface area (Å²) < 4.78 is 10.9. The van der Waals surface area contributed by atoms with Crippen LogP contribution in [0.5, 0.6) is 5.75 Å². The predicted octanol–water partition coefficient (Wildman–Crippen LogP) is 4.45. The highest BCUT2D eigenvalue weighted by atomic mass is 16.6. The molecule has 3 N–H and O–H groups in total. The number of benzene rings is 2. The van der Waals surface area contributed by atoms with Gasteiger partial charge in [0.1, 0.15) is 17.9 Å². The molecule has 0 heterocycles. The van der Waals surface area contributed by atoms with Crippen LogP contribution in [0.1, 0.15) is 58.2 Å². The van der Waals surface area contributed by atoms with Crippen molar-refractivity contribution in [2.24, 2.45) is 0 Å². The predicted molar refractivity (Wildman–Crippen MR) is 137 cm³/mol. The van der Waals surface area contributed by atoms with E-state index in [2.05, 4.69) is 42.8 Å². The molecule has 0 aromatic heterocycles. The summed E-state index contributed by atoms with van der Waals surface area (Å²) in [6.45, 7) is 13.5. The first-order chi connectivity index (χ1) is 16.2. The number of carbonyl (C=O) groups is 3. The molecule has 8 heteroatoms. The van der Waals surface area contributed by atoms with Crippen molar-refractivity contribution in [3.8, 4) is 5.75 Å². The van der Waals surface area contributed by atoms with Crippen LogP contribution < -0.4 is 20.7 Å². The minimum atomic E-state index is -0.653. The molecule has 0 fully saturated rings. The number of amides is 3. The molecule has 8 nitrogen and oxygen atoms in total. The maximum absolute atomic E-state index is 12.5. The smallest absolute Gasteiger partial charge is 0.408 e. The Morgan fingerprint density at radius 1 is 0.886 bits per heavy atom. The van der Waals surface area contributed by atoms with Crippen molar-refractivity contribution in [2.45, 2.75) is 66.0 Å². The Bertz CT molecular complexity index is 1050. The van der Waals surface area contributed by atoms with E-state index in [-0.39, 0.29) is 36.9 Å². The molecule has 2 rings (SSSR count). The molecule has 0 atom stereocenters. The largest absolute Gasteiger partial charge is 0.483 e. The molecule has 0 spiro atoms. The van der Waals surface area contributed by atoms with E-state index in [4.69, 9.17) is 9.47 Å². The van der Waals surface area contributed by atoms with Gasteiger partial charge in [-0.15, -0.1) is 0 Å². The Balaban J connectivity index is 1.85. The summed E-state index contributed by atoms with van der Waals surface area (Å²) in [5.74, 6) is 0.0503. The number of hydrogen-bond donors (Lipinski definition) is 3. The first-order valence-electron chi connectivity index (χ1n) is 11.6. The van der Waals surface area contributed by atoms with Gasteiger partial charge in [-0.1, -0.05) is 50.6 Å². The zero-order chi connectivity index (χ0) is 26.2. The fraction of sp³-hybridized carbons (Fsp3) is 0.444. The second-order valence-electron chi connectivity index (χ2n) is 10.4. The van der Waals surface area contributed by atoms with Crippen LogP contribution in [0.25, 0.3) is 0 Å². The van der Waals surface area contributed by atoms with Crippen molar-refractivity contribution in [3.05, 3.63) is 59.2 Å². The minimum absolute atomic E-state index is 0.112. The van der Waals surface area contributed by atoms with Gasteiger partial charge in [0.25, 0.3) is 5.91 Å². The lowest BCUT2D eigenvalue weighted by Crippen LogP contribution is -2.39. The second kappa shape index (κ2) is 11.7. The molecule has 0 bridgehead atoms. The van der Waals surface area contributed by atoms with Crippen molar-refractivity contribution >= 4 is 23.6 Å². The number of ether oxygens (including phenoxy) is 2. The summed E-state index contributed by atoms with van der Waals surface area (Å²) in [7, 11) is 0. The minimum Gasteiger partial charge on any atom is -0.483 e. The van der Waals surface area contributed by atoms with Gasteiger partial charge in [-0.05, 0) is 62.4 Å². The Kier molecular flexibility index (Phi) is 9.28. The van der Waals surface area contributed by atoms with Crippen molar-refractivity contribution in [1.29, 1.82) is 0 Å². The molecule has 0 radical (unpaired) electrons. The maximum Gasteiger partial charge on any atom is 0.408 e. The molecule has 2 aromatic carbocycles. The number of aryl methyl sites for hydroxylation is 1.